The van der Waals surface area contributed by atoms with Gasteiger partial charge in [0.05, 0.1) is 5.60 Å². The second-order valence-corrected chi connectivity index (χ2v) is 8.19. The van der Waals surface area contributed by atoms with Crippen molar-refractivity contribution in [3.8, 4) is 0 Å². The van der Waals surface area contributed by atoms with Crippen molar-refractivity contribution in [3.05, 3.63) is 0 Å². The summed E-state index contributed by atoms with van der Waals surface area (Å²) in [5, 5.41) is 6.62. The molecule has 0 aromatic rings. The summed E-state index contributed by atoms with van der Waals surface area (Å²) in [4.78, 5) is 11.9. The van der Waals surface area contributed by atoms with Crippen molar-refractivity contribution in [2.45, 2.75) is 96.9 Å². The lowest BCUT2D eigenvalue weighted by molar-refractivity contribution is -0.0643. The molecule has 2 unspecified atom stereocenters. The van der Waals surface area contributed by atoms with Gasteiger partial charge in [-0.2, -0.15) is 0 Å². The molecule has 0 bridgehead atoms. The van der Waals surface area contributed by atoms with Gasteiger partial charge in [-0.1, -0.05) is 19.8 Å². The molecule has 1 fully saturated rings. The summed E-state index contributed by atoms with van der Waals surface area (Å²) in [6.45, 7) is 13.5. The molecule has 1 amide bonds. The van der Waals surface area contributed by atoms with Crippen LogP contribution in [0.15, 0.2) is 0 Å². The molecule has 2 atom stereocenters. The molecule has 5 nitrogen and oxygen atoms in total. The van der Waals surface area contributed by atoms with Crippen molar-refractivity contribution in [2.24, 2.45) is 0 Å². The quantitative estimate of drug-likeness (QED) is 0.749. The molecule has 0 spiro atoms. The van der Waals surface area contributed by atoms with E-state index in [2.05, 4.69) is 31.4 Å². The van der Waals surface area contributed by atoms with E-state index in [9.17, 15) is 4.79 Å². The van der Waals surface area contributed by atoms with E-state index >= 15 is 0 Å². The first-order valence-corrected chi connectivity index (χ1v) is 8.98. The van der Waals surface area contributed by atoms with E-state index in [4.69, 9.17) is 9.47 Å². The third-order valence-corrected chi connectivity index (χ3v) is 3.97. The topological polar surface area (TPSA) is 59.6 Å². The smallest absolute Gasteiger partial charge is 0.407 e. The number of unbranched alkanes of at least 4 members (excludes halogenated alkanes) is 1. The Morgan fingerprint density at radius 3 is 2.65 bits per heavy atom. The highest BCUT2D eigenvalue weighted by molar-refractivity contribution is 5.67. The van der Waals surface area contributed by atoms with E-state index in [0.717, 1.165) is 38.7 Å². The second-order valence-electron chi connectivity index (χ2n) is 8.19. The molecule has 1 saturated heterocycles. The lowest BCUT2D eigenvalue weighted by Crippen LogP contribution is -2.51. The van der Waals surface area contributed by atoms with Gasteiger partial charge in [0, 0.05) is 25.2 Å². The normalized spacial score (nSPS) is 22.4. The van der Waals surface area contributed by atoms with Crippen LogP contribution in [0.1, 0.15) is 73.6 Å². The molecule has 136 valence electrons. The number of ether oxygens (including phenoxy) is 2. The summed E-state index contributed by atoms with van der Waals surface area (Å²) < 4.78 is 11.1. The average molecular weight is 328 g/mol. The molecule has 23 heavy (non-hydrogen) atoms. The maximum atomic E-state index is 11.9. The van der Waals surface area contributed by atoms with Crippen LogP contribution in [-0.2, 0) is 9.47 Å². The highest BCUT2D eigenvalue weighted by atomic mass is 16.6. The van der Waals surface area contributed by atoms with Crippen molar-refractivity contribution in [3.63, 3.8) is 0 Å². The van der Waals surface area contributed by atoms with E-state index in [-0.39, 0.29) is 17.7 Å². The van der Waals surface area contributed by atoms with Gasteiger partial charge in [0.25, 0.3) is 0 Å². The zero-order valence-corrected chi connectivity index (χ0v) is 15.8. The fraction of sp³-hybridized carbons (Fsp3) is 0.944. The molecular weight excluding hydrogens is 292 g/mol. The minimum absolute atomic E-state index is 0.0657. The number of carbonyl (C=O) groups is 1. The maximum absolute atomic E-state index is 11.9. The Kier molecular flexibility index (Phi) is 7.81. The number of amides is 1. The monoisotopic (exact) mass is 328 g/mol. The fourth-order valence-corrected chi connectivity index (χ4v) is 2.92. The largest absolute Gasteiger partial charge is 0.444 e. The van der Waals surface area contributed by atoms with Gasteiger partial charge < -0.3 is 20.1 Å². The molecule has 0 radical (unpaired) electrons. The van der Waals surface area contributed by atoms with E-state index in [1.807, 2.05) is 20.8 Å². The Balaban J connectivity index is 2.47. The molecule has 5 heteroatoms. The molecule has 1 aliphatic rings. The van der Waals surface area contributed by atoms with Crippen LogP contribution < -0.4 is 10.6 Å². The zero-order chi connectivity index (χ0) is 17.5. The standard InChI is InChI=1S/C18H36N2O3/c1-7-8-9-15(13-19-16(21)23-17(2,3)4)20-14-10-11-22-18(5,6)12-14/h14-15,20H,7-13H2,1-6H3,(H,19,21). The zero-order valence-electron chi connectivity index (χ0n) is 15.8. The molecule has 0 aliphatic carbocycles. The maximum Gasteiger partial charge on any atom is 0.407 e. The minimum Gasteiger partial charge on any atom is -0.444 e. The van der Waals surface area contributed by atoms with Crippen LogP contribution in [0.5, 0.6) is 0 Å². The number of alkyl carbamates (subject to hydrolysis) is 1. The van der Waals surface area contributed by atoms with Crippen molar-refractivity contribution < 1.29 is 14.3 Å². The Labute approximate surface area is 141 Å². The van der Waals surface area contributed by atoms with Crippen LogP contribution in [0.3, 0.4) is 0 Å². The fourth-order valence-electron chi connectivity index (χ4n) is 2.92. The van der Waals surface area contributed by atoms with Gasteiger partial charge in [-0.3, -0.25) is 0 Å². The summed E-state index contributed by atoms with van der Waals surface area (Å²) >= 11 is 0. The van der Waals surface area contributed by atoms with Gasteiger partial charge in [0.1, 0.15) is 5.60 Å². The minimum atomic E-state index is -0.457. The van der Waals surface area contributed by atoms with Crippen molar-refractivity contribution in [2.75, 3.05) is 13.2 Å². The van der Waals surface area contributed by atoms with E-state index in [0.29, 0.717) is 12.6 Å². The average Bonchev–Trinajstić information content (AvgIpc) is 2.38. The summed E-state index contributed by atoms with van der Waals surface area (Å²) in [5.41, 5.74) is -0.523. The first-order chi connectivity index (χ1) is 10.6. The molecule has 1 rings (SSSR count). The molecular formula is C18H36N2O3. The molecule has 0 aromatic carbocycles. The number of rotatable bonds is 7. The highest BCUT2D eigenvalue weighted by Gasteiger charge is 2.30. The molecule has 1 aliphatic heterocycles. The number of nitrogens with one attached hydrogen (secondary N) is 2. The first kappa shape index (κ1) is 20.2. The predicted octanol–water partition coefficient (Wildman–Crippen LogP) is 3.62. The molecule has 1 heterocycles. The van der Waals surface area contributed by atoms with Gasteiger partial charge in [0.15, 0.2) is 0 Å². The van der Waals surface area contributed by atoms with Gasteiger partial charge in [-0.15, -0.1) is 0 Å². The number of hydrogen-bond acceptors (Lipinski definition) is 4. The van der Waals surface area contributed by atoms with Crippen LogP contribution in [0, 0.1) is 0 Å². The highest BCUT2D eigenvalue weighted by Crippen LogP contribution is 2.24. The first-order valence-electron chi connectivity index (χ1n) is 8.98. The van der Waals surface area contributed by atoms with E-state index in [1.165, 1.54) is 0 Å². The Morgan fingerprint density at radius 2 is 2.09 bits per heavy atom. The van der Waals surface area contributed by atoms with Crippen molar-refractivity contribution in [1.29, 1.82) is 0 Å². The van der Waals surface area contributed by atoms with Gasteiger partial charge in [-0.25, -0.2) is 4.79 Å². The van der Waals surface area contributed by atoms with Crippen LogP contribution in [0.2, 0.25) is 0 Å². The lowest BCUT2D eigenvalue weighted by Gasteiger charge is -2.37. The SMILES string of the molecule is CCCCC(CNC(=O)OC(C)(C)C)NC1CCOC(C)(C)C1. The summed E-state index contributed by atoms with van der Waals surface area (Å²) in [5.74, 6) is 0. The van der Waals surface area contributed by atoms with Crippen LogP contribution in [-0.4, -0.2) is 42.5 Å². The summed E-state index contributed by atoms with van der Waals surface area (Å²) in [6, 6.07) is 0.724. The van der Waals surface area contributed by atoms with Gasteiger partial charge in [0.2, 0.25) is 0 Å². The van der Waals surface area contributed by atoms with E-state index in [1.54, 1.807) is 0 Å². The third-order valence-electron chi connectivity index (χ3n) is 3.97. The predicted molar refractivity (Wildman–Crippen MR) is 93.7 cm³/mol. The van der Waals surface area contributed by atoms with Gasteiger partial charge >= 0.3 is 6.09 Å². The van der Waals surface area contributed by atoms with Crippen LogP contribution >= 0.6 is 0 Å². The Morgan fingerprint density at radius 1 is 1.39 bits per heavy atom. The number of hydrogen-bond donors (Lipinski definition) is 2. The van der Waals surface area contributed by atoms with E-state index < -0.39 is 5.60 Å². The Hall–Kier alpha value is -0.810. The Bertz CT molecular complexity index is 364. The second kappa shape index (κ2) is 8.88. The van der Waals surface area contributed by atoms with Crippen molar-refractivity contribution >= 4 is 6.09 Å². The summed E-state index contributed by atoms with van der Waals surface area (Å²) in [7, 11) is 0. The third kappa shape index (κ3) is 9.16. The molecule has 2 N–H and O–H groups in total. The van der Waals surface area contributed by atoms with Crippen LogP contribution in [0.4, 0.5) is 4.79 Å². The summed E-state index contributed by atoms with van der Waals surface area (Å²) in [6.07, 6.45) is 5.06. The molecule has 0 saturated carbocycles. The van der Waals surface area contributed by atoms with Gasteiger partial charge in [-0.05, 0) is 53.9 Å². The van der Waals surface area contributed by atoms with Crippen LogP contribution in [0.25, 0.3) is 0 Å². The number of carbonyl (C=O) groups excluding carboxylic acids is 1. The molecule has 0 aromatic heterocycles. The van der Waals surface area contributed by atoms with Crippen molar-refractivity contribution in [1.82, 2.24) is 10.6 Å². The lowest BCUT2D eigenvalue weighted by atomic mass is 9.93.